The van der Waals surface area contributed by atoms with E-state index in [4.69, 9.17) is 5.11 Å². The number of benzene rings is 1. The zero-order valence-corrected chi connectivity index (χ0v) is 8.47. The minimum absolute atomic E-state index is 0.106. The van der Waals surface area contributed by atoms with Crippen molar-refractivity contribution in [2.75, 3.05) is 0 Å². The predicted octanol–water partition coefficient (Wildman–Crippen LogP) is 2.05. The maximum atomic E-state index is 10.6. The zero-order valence-electron chi connectivity index (χ0n) is 8.47. The number of rotatable bonds is 2. The molecule has 2 aromatic rings. The maximum Gasteiger partial charge on any atom is 0.374 e. The molecule has 0 saturated carbocycles. The van der Waals surface area contributed by atoms with Gasteiger partial charge in [-0.3, -0.25) is 0 Å². The number of carboxylic acids is 1. The first-order valence-electron chi connectivity index (χ1n) is 4.57. The predicted molar refractivity (Wildman–Crippen MR) is 55.3 cm³/mol. The van der Waals surface area contributed by atoms with E-state index in [1.807, 2.05) is 6.92 Å². The lowest BCUT2D eigenvalue weighted by Gasteiger charge is -1.99. The number of aromatic hydroxyl groups is 1. The molecule has 0 fully saturated rings. The van der Waals surface area contributed by atoms with Gasteiger partial charge in [-0.05, 0) is 30.7 Å². The average Bonchev–Trinajstić information content (AvgIpc) is 2.64. The van der Waals surface area contributed by atoms with Crippen LogP contribution in [0.15, 0.2) is 28.8 Å². The fourth-order valence-corrected chi connectivity index (χ4v) is 1.42. The number of aryl methyl sites for hydroxylation is 1. The topological polar surface area (TPSA) is 83.6 Å². The first kappa shape index (κ1) is 10.2. The number of carbonyl (C=O) groups is 1. The quantitative estimate of drug-likeness (QED) is 0.807. The van der Waals surface area contributed by atoms with Gasteiger partial charge in [0.2, 0.25) is 5.76 Å². The molecule has 1 aromatic carbocycles. The number of carboxylic acid groups (broad SMARTS) is 1. The van der Waals surface area contributed by atoms with Gasteiger partial charge >= 0.3 is 5.97 Å². The normalized spacial score (nSPS) is 10.3. The summed E-state index contributed by atoms with van der Waals surface area (Å²) in [5, 5.41) is 21.7. The summed E-state index contributed by atoms with van der Waals surface area (Å²) < 4.78 is 4.63. The SMILES string of the molecule is Cc1cc(O)cc(-c2cc(C(=O)O)on2)c1. The molecule has 0 bridgehead atoms. The first-order chi connectivity index (χ1) is 7.56. The number of phenolic OH excluding ortho intramolecular Hbond substituents is 1. The van der Waals surface area contributed by atoms with Gasteiger partial charge in [-0.1, -0.05) is 5.16 Å². The largest absolute Gasteiger partial charge is 0.508 e. The molecule has 16 heavy (non-hydrogen) atoms. The Bertz CT molecular complexity index is 524. The molecule has 0 aliphatic carbocycles. The fourth-order valence-electron chi connectivity index (χ4n) is 1.42. The number of phenols is 1. The molecule has 0 saturated heterocycles. The maximum absolute atomic E-state index is 10.6. The third-order valence-corrected chi connectivity index (χ3v) is 2.08. The number of aromatic carboxylic acids is 1. The highest BCUT2D eigenvalue weighted by molar-refractivity contribution is 5.85. The zero-order chi connectivity index (χ0) is 11.7. The van der Waals surface area contributed by atoms with Gasteiger partial charge in [-0.2, -0.15) is 0 Å². The molecule has 5 heteroatoms. The summed E-state index contributed by atoms with van der Waals surface area (Å²) >= 11 is 0. The molecule has 0 spiro atoms. The summed E-state index contributed by atoms with van der Waals surface area (Å²) in [6, 6.07) is 6.19. The number of hydrogen-bond donors (Lipinski definition) is 2. The van der Waals surface area contributed by atoms with Crippen LogP contribution in [0.2, 0.25) is 0 Å². The minimum atomic E-state index is -1.17. The van der Waals surface area contributed by atoms with Crippen LogP contribution in [0.3, 0.4) is 0 Å². The lowest BCUT2D eigenvalue weighted by atomic mass is 10.1. The van der Waals surface area contributed by atoms with Gasteiger partial charge < -0.3 is 14.7 Å². The van der Waals surface area contributed by atoms with Crippen molar-refractivity contribution in [2.24, 2.45) is 0 Å². The highest BCUT2D eigenvalue weighted by Gasteiger charge is 2.12. The standard InChI is InChI=1S/C11H9NO4/c1-6-2-7(4-8(13)3-6)9-5-10(11(14)15)16-12-9/h2-5,13H,1H3,(H,14,15). The Kier molecular flexibility index (Phi) is 2.36. The van der Waals surface area contributed by atoms with Gasteiger partial charge in [-0.25, -0.2) is 4.79 Å². The number of nitrogens with zero attached hydrogens (tertiary/aromatic N) is 1. The third-order valence-electron chi connectivity index (χ3n) is 2.08. The van der Waals surface area contributed by atoms with Crippen LogP contribution in [0.4, 0.5) is 0 Å². The molecule has 0 radical (unpaired) electrons. The van der Waals surface area contributed by atoms with Gasteiger partial charge in [0.05, 0.1) is 0 Å². The van der Waals surface area contributed by atoms with Gasteiger partial charge in [0.25, 0.3) is 0 Å². The monoisotopic (exact) mass is 219 g/mol. The Morgan fingerprint density at radius 1 is 1.31 bits per heavy atom. The van der Waals surface area contributed by atoms with Crippen LogP contribution < -0.4 is 0 Å². The summed E-state index contributed by atoms with van der Waals surface area (Å²) in [6.07, 6.45) is 0. The number of hydrogen-bond acceptors (Lipinski definition) is 4. The fraction of sp³-hybridized carbons (Fsp3) is 0.0909. The molecule has 82 valence electrons. The Morgan fingerprint density at radius 2 is 2.06 bits per heavy atom. The van der Waals surface area contributed by atoms with Gasteiger partial charge in [-0.15, -0.1) is 0 Å². The molecule has 0 amide bonds. The van der Waals surface area contributed by atoms with Crippen molar-refractivity contribution in [3.05, 3.63) is 35.6 Å². The summed E-state index contributed by atoms with van der Waals surface area (Å²) in [7, 11) is 0. The van der Waals surface area contributed by atoms with Crippen molar-refractivity contribution >= 4 is 5.97 Å². The van der Waals surface area contributed by atoms with Crippen LogP contribution in [0.1, 0.15) is 16.1 Å². The van der Waals surface area contributed by atoms with E-state index in [1.54, 1.807) is 12.1 Å². The molecule has 0 unspecified atom stereocenters. The van der Waals surface area contributed by atoms with Gasteiger partial charge in [0.1, 0.15) is 11.4 Å². The van der Waals surface area contributed by atoms with Crippen LogP contribution in [0, 0.1) is 6.92 Å². The van der Waals surface area contributed by atoms with Gasteiger partial charge in [0.15, 0.2) is 0 Å². The van der Waals surface area contributed by atoms with Crippen molar-refractivity contribution in [1.82, 2.24) is 5.16 Å². The van der Waals surface area contributed by atoms with Crippen molar-refractivity contribution < 1.29 is 19.5 Å². The van der Waals surface area contributed by atoms with Crippen molar-refractivity contribution in [2.45, 2.75) is 6.92 Å². The lowest BCUT2D eigenvalue weighted by molar-refractivity contribution is 0.0652. The third kappa shape index (κ3) is 1.88. The number of aromatic nitrogens is 1. The van der Waals surface area contributed by atoms with E-state index < -0.39 is 5.97 Å². The van der Waals surface area contributed by atoms with Gasteiger partial charge in [0, 0.05) is 11.6 Å². The second kappa shape index (κ2) is 3.69. The van der Waals surface area contributed by atoms with E-state index in [2.05, 4.69) is 9.68 Å². The van der Waals surface area contributed by atoms with Crippen molar-refractivity contribution in [1.29, 1.82) is 0 Å². The van der Waals surface area contributed by atoms with Crippen LogP contribution in [0.25, 0.3) is 11.3 Å². The molecule has 5 nitrogen and oxygen atoms in total. The molecule has 0 aliphatic heterocycles. The van der Waals surface area contributed by atoms with Crippen LogP contribution in [0.5, 0.6) is 5.75 Å². The summed E-state index contributed by atoms with van der Waals surface area (Å²) in [5.74, 6) is -1.29. The van der Waals surface area contributed by atoms with E-state index in [9.17, 15) is 9.90 Å². The van der Waals surface area contributed by atoms with Crippen molar-refractivity contribution in [3.63, 3.8) is 0 Å². The van der Waals surface area contributed by atoms with Crippen LogP contribution >= 0.6 is 0 Å². The van der Waals surface area contributed by atoms with Crippen LogP contribution in [-0.2, 0) is 0 Å². The van der Waals surface area contributed by atoms with E-state index in [1.165, 1.54) is 12.1 Å². The molecule has 1 aromatic heterocycles. The Balaban J connectivity index is 2.46. The smallest absolute Gasteiger partial charge is 0.374 e. The Hall–Kier alpha value is -2.30. The van der Waals surface area contributed by atoms with E-state index >= 15 is 0 Å². The molecule has 0 aliphatic rings. The molecule has 1 heterocycles. The van der Waals surface area contributed by atoms with Crippen LogP contribution in [-0.4, -0.2) is 21.3 Å². The minimum Gasteiger partial charge on any atom is -0.508 e. The average molecular weight is 219 g/mol. The van der Waals surface area contributed by atoms with E-state index in [0.29, 0.717) is 11.3 Å². The highest BCUT2D eigenvalue weighted by atomic mass is 16.5. The Morgan fingerprint density at radius 3 is 2.62 bits per heavy atom. The summed E-state index contributed by atoms with van der Waals surface area (Å²) in [5.41, 5.74) is 1.86. The molecule has 2 N–H and O–H groups in total. The Labute approximate surface area is 90.9 Å². The lowest BCUT2D eigenvalue weighted by Crippen LogP contribution is -1.91. The van der Waals surface area contributed by atoms with E-state index in [0.717, 1.165) is 5.56 Å². The first-order valence-corrected chi connectivity index (χ1v) is 4.57. The molecular weight excluding hydrogens is 210 g/mol. The van der Waals surface area contributed by atoms with E-state index in [-0.39, 0.29) is 11.5 Å². The van der Waals surface area contributed by atoms with Crippen molar-refractivity contribution in [3.8, 4) is 17.0 Å². The highest BCUT2D eigenvalue weighted by Crippen LogP contribution is 2.24. The second-order valence-corrected chi connectivity index (χ2v) is 3.44. The summed E-state index contributed by atoms with van der Waals surface area (Å²) in [6.45, 7) is 1.82. The summed E-state index contributed by atoms with van der Waals surface area (Å²) in [4.78, 5) is 10.6. The molecule has 2 rings (SSSR count). The second-order valence-electron chi connectivity index (χ2n) is 3.44. The molecular formula is C11H9NO4. The molecule has 0 atom stereocenters.